The van der Waals surface area contributed by atoms with Crippen molar-refractivity contribution in [2.24, 2.45) is 0 Å². The molecule has 0 aliphatic rings. The van der Waals surface area contributed by atoms with Gasteiger partial charge in [-0.1, -0.05) is 6.07 Å². The van der Waals surface area contributed by atoms with Gasteiger partial charge in [0.15, 0.2) is 0 Å². The molecular formula is C14H9BrF2N2O. The summed E-state index contributed by atoms with van der Waals surface area (Å²) in [7, 11) is 0. The van der Waals surface area contributed by atoms with E-state index in [1.807, 2.05) is 0 Å². The highest BCUT2D eigenvalue weighted by Gasteiger charge is 2.07. The first-order valence-corrected chi connectivity index (χ1v) is 6.40. The number of nitrogens with one attached hydrogen (secondary N) is 1. The zero-order valence-corrected chi connectivity index (χ0v) is 11.7. The lowest BCUT2D eigenvalue weighted by Crippen LogP contribution is -2.01. The Balaban J connectivity index is 2.19. The van der Waals surface area contributed by atoms with Crippen molar-refractivity contribution in [2.45, 2.75) is 6.61 Å². The summed E-state index contributed by atoms with van der Waals surface area (Å²) in [5, 5.41) is 12.1. The molecule has 2 aromatic rings. The minimum atomic E-state index is -2.84. The van der Waals surface area contributed by atoms with Crippen LogP contribution in [0.2, 0.25) is 0 Å². The third-order valence-corrected chi connectivity index (χ3v) is 3.14. The van der Waals surface area contributed by atoms with E-state index in [0.717, 1.165) is 0 Å². The summed E-state index contributed by atoms with van der Waals surface area (Å²) in [6, 6.07) is 13.5. The third kappa shape index (κ3) is 3.45. The summed E-state index contributed by atoms with van der Waals surface area (Å²) in [4.78, 5) is 0. The Morgan fingerprint density at radius 3 is 2.45 bits per heavy atom. The first-order chi connectivity index (χ1) is 9.60. The largest absolute Gasteiger partial charge is 0.435 e. The molecule has 0 spiro atoms. The molecule has 0 atom stereocenters. The van der Waals surface area contributed by atoms with Crippen molar-refractivity contribution in [2.75, 3.05) is 5.32 Å². The maximum atomic E-state index is 12.0. The lowest BCUT2D eigenvalue weighted by Gasteiger charge is -2.10. The molecule has 1 N–H and O–H groups in total. The molecular weight excluding hydrogens is 330 g/mol. The van der Waals surface area contributed by atoms with E-state index >= 15 is 0 Å². The van der Waals surface area contributed by atoms with Gasteiger partial charge in [-0.05, 0) is 52.3 Å². The number of hydrogen-bond donors (Lipinski definition) is 1. The highest BCUT2D eigenvalue weighted by atomic mass is 79.9. The van der Waals surface area contributed by atoms with Crippen LogP contribution in [0.25, 0.3) is 0 Å². The lowest BCUT2D eigenvalue weighted by molar-refractivity contribution is -0.0498. The molecule has 0 amide bonds. The number of halogens is 3. The van der Waals surface area contributed by atoms with Crippen LogP contribution < -0.4 is 10.1 Å². The Bertz CT molecular complexity index is 639. The normalized spacial score (nSPS) is 10.2. The molecule has 3 nitrogen and oxygen atoms in total. The molecule has 102 valence electrons. The number of nitrogens with zero attached hydrogens (tertiary/aromatic N) is 1. The number of benzene rings is 2. The van der Waals surface area contributed by atoms with Crippen molar-refractivity contribution in [3.8, 4) is 11.8 Å². The smallest absolute Gasteiger partial charge is 0.387 e. The molecule has 0 unspecified atom stereocenters. The van der Waals surface area contributed by atoms with Crippen molar-refractivity contribution in [3.63, 3.8) is 0 Å². The maximum absolute atomic E-state index is 12.0. The van der Waals surface area contributed by atoms with Crippen molar-refractivity contribution in [3.05, 3.63) is 52.5 Å². The predicted molar refractivity (Wildman–Crippen MR) is 75.2 cm³/mol. The molecule has 0 aliphatic carbocycles. The molecule has 0 saturated heterocycles. The van der Waals surface area contributed by atoms with Crippen LogP contribution in [0, 0.1) is 11.3 Å². The van der Waals surface area contributed by atoms with Crippen LogP contribution in [0.5, 0.6) is 5.75 Å². The number of rotatable bonds is 4. The summed E-state index contributed by atoms with van der Waals surface area (Å²) in [5.74, 6) is 0.0836. The average Bonchev–Trinajstić information content (AvgIpc) is 2.41. The lowest BCUT2D eigenvalue weighted by atomic mass is 10.2. The molecule has 2 aromatic carbocycles. The van der Waals surface area contributed by atoms with Gasteiger partial charge in [-0.3, -0.25) is 0 Å². The Labute approximate surface area is 122 Å². The van der Waals surface area contributed by atoms with Gasteiger partial charge < -0.3 is 10.1 Å². The molecule has 0 aromatic heterocycles. The van der Waals surface area contributed by atoms with Crippen LogP contribution in [0.15, 0.2) is 46.9 Å². The Hall–Kier alpha value is -2.13. The SMILES string of the molecule is N#Cc1c(Br)cccc1Nc1ccc(OC(F)F)cc1. The molecule has 20 heavy (non-hydrogen) atoms. The molecule has 2 rings (SSSR count). The Kier molecular flexibility index (Phi) is 4.53. The first kappa shape index (κ1) is 14.3. The van der Waals surface area contributed by atoms with E-state index in [4.69, 9.17) is 5.26 Å². The zero-order chi connectivity index (χ0) is 14.5. The van der Waals surface area contributed by atoms with Gasteiger partial charge in [0.1, 0.15) is 11.8 Å². The number of alkyl halides is 2. The minimum Gasteiger partial charge on any atom is -0.435 e. The van der Waals surface area contributed by atoms with E-state index in [1.54, 1.807) is 30.3 Å². The van der Waals surface area contributed by atoms with E-state index in [-0.39, 0.29) is 5.75 Å². The molecule has 0 radical (unpaired) electrons. The zero-order valence-electron chi connectivity index (χ0n) is 10.1. The van der Waals surface area contributed by atoms with Gasteiger partial charge >= 0.3 is 6.61 Å². The second-order valence-electron chi connectivity index (χ2n) is 3.80. The Morgan fingerprint density at radius 2 is 1.85 bits per heavy atom. The van der Waals surface area contributed by atoms with Gasteiger partial charge in [0.25, 0.3) is 0 Å². The van der Waals surface area contributed by atoms with Gasteiger partial charge in [-0.2, -0.15) is 14.0 Å². The van der Waals surface area contributed by atoms with E-state index in [1.165, 1.54) is 12.1 Å². The summed E-state index contributed by atoms with van der Waals surface area (Å²) in [6.45, 7) is -2.84. The van der Waals surface area contributed by atoms with Gasteiger partial charge in [0, 0.05) is 10.2 Å². The van der Waals surface area contributed by atoms with Crippen LogP contribution in [0.4, 0.5) is 20.2 Å². The van der Waals surface area contributed by atoms with E-state index < -0.39 is 6.61 Å². The van der Waals surface area contributed by atoms with Gasteiger partial charge in [-0.15, -0.1) is 0 Å². The molecule has 0 fully saturated rings. The van der Waals surface area contributed by atoms with Crippen LogP contribution in [-0.4, -0.2) is 6.61 Å². The molecule has 0 saturated carbocycles. The van der Waals surface area contributed by atoms with Gasteiger partial charge in [0.2, 0.25) is 0 Å². The van der Waals surface area contributed by atoms with Crippen molar-refractivity contribution in [1.82, 2.24) is 0 Å². The van der Waals surface area contributed by atoms with Crippen molar-refractivity contribution in [1.29, 1.82) is 5.26 Å². The summed E-state index contributed by atoms with van der Waals surface area (Å²) in [6.07, 6.45) is 0. The second-order valence-corrected chi connectivity index (χ2v) is 4.66. The van der Waals surface area contributed by atoms with Crippen LogP contribution in [0.1, 0.15) is 5.56 Å². The summed E-state index contributed by atoms with van der Waals surface area (Å²) in [5.41, 5.74) is 1.77. The fourth-order valence-corrected chi connectivity index (χ4v) is 2.07. The minimum absolute atomic E-state index is 0.0836. The second kappa shape index (κ2) is 6.35. The predicted octanol–water partition coefficient (Wildman–Crippen LogP) is 4.67. The summed E-state index contributed by atoms with van der Waals surface area (Å²) >= 11 is 3.29. The quantitative estimate of drug-likeness (QED) is 0.881. The molecule has 0 heterocycles. The molecule has 0 bridgehead atoms. The van der Waals surface area contributed by atoms with Gasteiger partial charge in [0.05, 0.1) is 11.3 Å². The molecule has 6 heteroatoms. The fourth-order valence-electron chi connectivity index (χ4n) is 1.62. The number of ether oxygens (including phenoxy) is 1. The topological polar surface area (TPSA) is 45.0 Å². The Morgan fingerprint density at radius 1 is 1.15 bits per heavy atom. The first-order valence-electron chi connectivity index (χ1n) is 5.60. The third-order valence-electron chi connectivity index (χ3n) is 2.48. The number of hydrogen-bond acceptors (Lipinski definition) is 3. The van der Waals surface area contributed by atoms with Gasteiger partial charge in [-0.25, -0.2) is 0 Å². The molecule has 0 aliphatic heterocycles. The fraction of sp³-hybridized carbons (Fsp3) is 0.0714. The number of anilines is 2. The van der Waals surface area contributed by atoms with Crippen molar-refractivity contribution >= 4 is 27.3 Å². The number of nitriles is 1. The van der Waals surface area contributed by atoms with Crippen LogP contribution >= 0.6 is 15.9 Å². The summed E-state index contributed by atoms with van der Waals surface area (Å²) < 4.78 is 29.0. The van der Waals surface area contributed by atoms with E-state index in [9.17, 15) is 8.78 Å². The van der Waals surface area contributed by atoms with Crippen LogP contribution in [-0.2, 0) is 0 Å². The highest BCUT2D eigenvalue weighted by Crippen LogP contribution is 2.27. The van der Waals surface area contributed by atoms with E-state index in [0.29, 0.717) is 21.4 Å². The monoisotopic (exact) mass is 338 g/mol. The van der Waals surface area contributed by atoms with Crippen molar-refractivity contribution < 1.29 is 13.5 Å². The standard InChI is InChI=1S/C14H9BrF2N2O/c15-12-2-1-3-13(11(12)8-18)19-9-4-6-10(7-5-9)20-14(16)17/h1-7,14,19H. The highest BCUT2D eigenvalue weighted by molar-refractivity contribution is 9.10. The maximum Gasteiger partial charge on any atom is 0.387 e. The van der Waals surface area contributed by atoms with E-state index in [2.05, 4.69) is 32.1 Å². The van der Waals surface area contributed by atoms with Crippen LogP contribution in [0.3, 0.4) is 0 Å². The average molecular weight is 339 g/mol.